The van der Waals surface area contributed by atoms with E-state index in [1.165, 1.54) is 0 Å². The summed E-state index contributed by atoms with van der Waals surface area (Å²) in [6, 6.07) is 21.1. The van der Waals surface area contributed by atoms with Gasteiger partial charge in [0.15, 0.2) is 0 Å². The van der Waals surface area contributed by atoms with E-state index in [0.717, 1.165) is 16.9 Å². The quantitative estimate of drug-likeness (QED) is 0.516. The zero-order chi connectivity index (χ0) is 20.8. The number of para-hydroxylation sites is 1. The number of anilines is 3. The van der Waals surface area contributed by atoms with E-state index in [2.05, 4.69) is 16.0 Å². The van der Waals surface area contributed by atoms with Crippen LogP contribution in [-0.2, 0) is 4.79 Å². The summed E-state index contributed by atoms with van der Waals surface area (Å²) < 4.78 is 0. The Bertz CT molecular complexity index is 1000. The van der Waals surface area contributed by atoms with Crippen LogP contribution in [0.4, 0.5) is 17.1 Å². The minimum absolute atomic E-state index is 0.126. The molecule has 3 N–H and O–H groups in total. The molecule has 0 heterocycles. The van der Waals surface area contributed by atoms with Crippen LogP contribution in [-0.4, -0.2) is 17.9 Å². The van der Waals surface area contributed by atoms with E-state index in [0.29, 0.717) is 16.3 Å². The van der Waals surface area contributed by atoms with Crippen molar-refractivity contribution in [2.24, 2.45) is 0 Å². The Labute approximate surface area is 175 Å². The summed E-state index contributed by atoms with van der Waals surface area (Å²) in [7, 11) is 0. The predicted molar refractivity (Wildman–Crippen MR) is 119 cm³/mol. The zero-order valence-corrected chi connectivity index (χ0v) is 17.0. The van der Waals surface area contributed by atoms with Gasteiger partial charge < -0.3 is 16.0 Å². The molecule has 0 saturated carbocycles. The zero-order valence-electron chi connectivity index (χ0n) is 16.2. The number of aryl methyl sites for hydroxylation is 1. The van der Waals surface area contributed by atoms with Crippen molar-refractivity contribution in [1.82, 2.24) is 0 Å². The van der Waals surface area contributed by atoms with Crippen molar-refractivity contribution in [3.8, 4) is 0 Å². The first-order valence-corrected chi connectivity index (χ1v) is 9.60. The van der Waals surface area contributed by atoms with Gasteiger partial charge in [0.2, 0.25) is 5.91 Å². The van der Waals surface area contributed by atoms with Crippen LogP contribution in [0, 0.1) is 6.92 Å². The summed E-state index contributed by atoms with van der Waals surface area (Å²) >= 11 is 5.84. The lowest BCUT2D eigenvalue weighted by Gasteiger charge is -2.16. The SMILES string of the molecule is Cc1ccccc1NC(=O)C(C)Nc1ccc(NC(=O)c2ccc(Cl)cc2)cc1. The van der Waals surface area contributed by atoms with Gasteiger partial charge in [-0.05, 0) is 74.0 Å². The number of hydrogen-bond donors (Lipinski definition) is 3. The molecule has 0 aliphatic carbocycles. The maximum absolute atomic E-state index is 12.4. The Balaban J connectivity index is 1.57. The summed E-state index contributed by atoms with van der Waals surface area (Å²) in [5.41, 5.74) is 3.77. The van der Waals surface area contributed by atoms with Crippen LogP contribution in [0.3, 0.4) is 0 Å². The van der Waals surface area contributed by atoms with Crippen LogP contribution >= 0.6 is 11.6 Å². The predicted octanol–water partition coefficient (Wildman–Crippen LogP) is 5.34. The molecule has 0 aromatic heterocycles. The van der Waals surface area contributed by atoms with E-state index in [4.69, 9.17) is 11.6 Å². The molecule has 3 aromatic carbocycles. The molecule has 6 heteroatoms. The van der Waals surface area contributed by atoms with Crippen molar-refractivity contribution < 1.29 is 9.59 Å². The van der Waals surface area contributed by atoms with Crippen molar-refractivity contribution >= 4 is 40.5 Å². The summed E-state index contributed by atoms with van der Waals surface area (Å²) in [4.78, 5) is 24.7. The molecule has 5 nitrogen and oxygen atoms in total. The minimum atomic E-state index is -0.427. The highest BCUT2D eigenvalue weighted by molar-refractivity contribution is 6.30. The van der Waals surface area contributed by atoms with Gasteiger partial charge in [0.25, 0.3) is 5.91 Å². The van der Waals surface area contributed by atoms with Crippen molar-refractivity contribution in [1.29, 1.82) is 0 Å². The number of hydrogen-bond acceptors (Lipinski definition) is 3. The molecule has 3 aromatic rings. The fraction of sp³-hybridized carbons (Fsp3) is 0.130. The second-order valence-electron chi connectivity index (χ2n) is 6.71. The van der Waals surface area contributed by atoms with E-state index in [9.17, 15) is 9.59 Å². The van der Waals surface area contributed by atoms with Crippen molar-refractivity contribution in [2.45, 2.75) is 19.9 Å². The number of benzene rings is 3. The third-order valence-corrected chi connectivity index (χ3v) is 4.68. The highest BCUT2D eigenvalue weighted by Gasteiger charge is 2.14. The standard InChI is InChI=1S/C23H22ClN3O2/c1-15-5-3-4-6-21(15)27-22(28)16(2)25-19-11-13-20(14-12-19)26-23(29)17-7-9-18(24)10-8-17/h3-14,16,25H,1-2H3,(H,26,29)(H,27,28). The van der Waals surface area contributed by atoms with Crippen molar-refractivity contribution in [3.05, 3.63) is 88.9 Å². The van der Waals surface area contributed by atoms with Crippen LogP contribution in [0.25, 0.3) is 0 Å². The van der Waals surface area contributed by atoms with Gasteiger partial charge in [-0.25, -0.2) is 0 Å². The molecule has 0 spiro atoms. The van der Waals surface area contributed by atoms with Crippen LogP contribution in [0.15, 0.2) is 72.8 Å². The van der Waals surface area contributed by atoms with Gasteiger partial charge in [0, 0.05) is 27.6 Å². The molecule has 1 atom stereocenters. The fourth-order valence-electron chi connectivity index (χ4n) is 2.72. The molecule has 148 valence electrons. The second-order valence-corrected chi connectivity index (χ2v) is 7.15. The van der Waals surface area contributed by atoms with Crippen LogP contribution in [0.1, 0.15) is 22.8 Å². The summed E-state index contributed by atoms with van der Waals surface area (Å²) in [6.07, 6.45) is 0. The Kier molecular flexibility index (Phi) is 6.52. The smallest absolute Gasteiger partial charge is 0.255 e. The van der Waals surface area contributed by atoms with E-state index in [1.807, 2.05) is 43.3 Å². The van der Waals surface area contributed by atoms with Crippen LogP contribution in [0.5, 0.6) is 0 Å². The molecule has 0 fully saturated rings. The average Bonchev–Trinajstić information content (AvgIpc) is 2.71. The number of carbonyl (C=O) groups is 2. The van der Waals surface area contributed by atoms with Crippen LogP contribution in [0.2, 0.25) is 5.02 Å². The first-order valence-electron chi connectivity index (χ1n) is 9.22. The van der Waals surface area contributed by atoms with E-state index in [1.54, 1.807) is 43.3 Å². The highest BCUT2D eigenvalue weighted by Crippen LogP contribution is 2.18. The highest BCUT2D eigenvalue weighted by atomic mass is 35.5. The summed E-state index contributed by atoms with van der Waals surface area (Å²) in [5, 5.41) is 9.49. The number of halogens is 1. The average molecular weight is 408 g/mol. The van der Waals surface area contributed by atoms with Gasteiger partial charge >= 0.3 is 0 Å². The normalized spacial score (nSPS) is 11.4. The van der Waals surface area contributed by atoms with E-state index >= 15 is 0 Å². The number of amides is 2. The van der Waals surface area contributed by atoms with Crippen LogP contribution < -0.4 is 16.0 Å². The number of rotatable bonds is 6. The van der Waals surface area contributed by atoms with Gasteiger partial charge in [-0.1, -0.05) is 29.8 Å². The van der Waals surface area contributed by atoms with Crippen molar-refractivity contribution in [2.75, 3.05) is 16.0 Å². The Morgan fingerprint density at radius 2 is 1.45 bits per heavy atom. The van der Waals surface area contributed by atoms with Gasteiger partial charge in [0.1, 0.15) is 6.04 Å². The Morgan fingerprint density at radius 1 is 0.828 bits per heavy atom. The molecule has 0 aliphatic heterocycles. The molecule has 0 saturated heterocycles. The third kappa shape index (κ3) is 5.59. The molecule has 1 unspecified atom stereocenters. The first-order chi connectivity index (χ1) is 13.9. The van der Waals surface area contributed by atoms with Gasteiger partial charge in [-0.2, -0.15) is 0 Å². The third-order valence-electron chi connectivity index (χ3n) is 4.43. The summed E-state index contributed by atoms with van der Waals surface area (Å²) in [5.74, 6) is -0.340. The monoisotopic (exact) mass is 407 g/mol. The molecule has 0 bridgehead atoms. The number of carbonyl (C=O) groups excluding carboxylic acids is 2. The largest absolute Gasteiger partial charge is 0.374 e. The number of nitrogens with one attached hydrogen (secondary N) is 3. The Hall–Kier alpha value is -3.31. The lowest BCUT2D eigenvalue weighted by Crippen LogP contribution is -2.32. The first kappa shape index (κ1) is 20.4. The molecule has 0 radical (unpaired) electrons. The molecule has 29 heavy (non-hydrogen) atoms. The van der Waals surface area contributed by atoms with Gasteiger partial charge in [0.05, 0.1) is 0 Å². The fourth-order valence-corrected chi connectivity index (χ4v) is 2.85. The van der Waals surface area contributed by atoms with E-state index in [-0.39, 0.29) is 11.8 Å². The van der Waals surface area contributed by atoms with Crippen molar-refractivity contribution in [3.63, 3.8) is 0 Å². The summed E-state index contributed by atoms with van der Waals surface area (Å²) in [6.45, 7) is 3.74. The van der Waals surface area contributed by atoms with E-state index < -0.39 is 6.04 Å². The minimum Gasteiger partial charge on any atom is -0.374 e. The molecule has 2 amide bonds. The maximum Gasteiger partial charge on any atom is 0.255 e. The maximum atomic E-state index is 12.4. The second kappa shape index (κ2) is 9.26. The molecular weight excluding hydrogens is 386 g/mol. The lowest BCUT2D eigenvalue weighted by molar-refractivity contribution is -0.116. The molecular formula is C23H22ClN3O2. The molecule has 3 rings (SSSR count). The Morgan fingerprint density at radius 3 is 2.10 bits per heavy atom. The lowest BCUT2D eigenvalue weighted by atomic mass is 10.2. The topological polar surface area (TPSA) is 70.2 Å². The van der Waals surface area contributed by atoms with Gasteiger partial charge in [-0.3, -0.25) is 9.59 Å². The molecule has 0 aliphatic rings. The van der Waals surface area contributed by atoms with Gasteiger partial charge in [-0.15, -0.1) is 0 Å².